The smallest absolute Gasteiger partial charge is 0.225 e. The van der Waals surface area contributed by atoms with E-state index < -0.39 is 0 Å². The molecule has 1 unspecified atom stereocenters. The molecule has 4 rings (SSSR count). The van der Waals surface area contributed by atoms with Crippen molar-refractivity contribution < 1.29 is 13.9 Å². The molecule has 1 aliphatic carbocycles. The first kappa shape index (κ1) is 17.8. The fourth-order valence-electron chi connectivity index (χ4n) is 5.19. The van der Waals surface area contributed by atoms with Crippen LogP contribution >= 0.6 is 0 Å². The van der Waals surface area contributed by atoms with E-state index in [4.69, 9.17) is 4.74 Å². The summed E-state index contributed by atoms with van der Waals surface area (Å²) in [6, 6.07) is 6.82. The van der Waals surface area contributed by atoms with Crippen molar-refractivity contribution in [1.82, 2.24) is 4.90 Å². The Morgan fingerprint density at radius 3 is 2.58 bits per heavy atom. The number of rotatable bonds is 3. The zero-order valence-corrected chi connectivity index (χ0v) is 15.6. The number of carbonyl (C=O) groups is 1. The Morgan fingerprint density at radius 1 is 1.19 bits per heavy atom. The van der Waals surface area contributed by atoms with Gasteiger partial charge in [0.25, 0.3) is 0 Å². The van der Waals surface area contributed by atoms with E-state index in [0.717, 1.165) is 51.0 Å². The predicted octanol–water partition coefficient (Wildman–Crippen LogP) is 3.60. The van der Waals surface area contributed by atoms with Crippen LogP contribution in [0.2, 0.25) is 0 Å². The largest absolute Gasteiger partial charge is 0.377 e. The second-order valence-electron chi connectivity index (χ2n) is 8.08. The minimum absolute atomic E-state index is 0.105. The zero-order valence-electron chi connectivity index (χ0n) is 15.6. The molecule has 3 fully saturated rings. The van der Waals surface area contributed by atoms with Gasteiger partial charge in [-0.3, -0.25) is 4.79 Å². The molecule has 3 aliphatic rings. The van der Waals surface area contributed by atoms with Gasteiger partial charge in [-0.05, 0) is 43.9 Å². The Morgan fingerprint density at radius 2 is 1.92 bits per heavy atom. The lowest BCUT2D eigenvalue weighted by Crippen LogP contribution is -2.74. The van der Waals surface area contributed by atoms with E-state index in [1.807, 2.05) is 6.07 Å². The van der Waals surface area contributed by atoms with E-state index >= 15 is 0 Å². The summed E-state index contributed by atoms with van der Waals surface area (Å²) in [5, 5.41) is 0. The van der Waals surface area contributed by atoms with Crippen LogP contribution in [0.25, 0.3) is 0 Å². The Hall–Kier alpha value is -1.62. The van der Waals surface area contributed by atoms with E-state index in [2.05, 4.69) is 9.80 Å². The monoisotopic (exact) mass is 360 g/mol. The first-order valence-corrected chi connectivity index (χ1v) is 9.99. The average Bonchev–Trinajstić information content (AvgIpc) is 2.68. The highest BCUT2D eigenvalue weighted by molar-refractivity contribution is 5.79. The second kappa shape index (κ2) is 7.18. The van der Waals surface area contributed by atoms with Gasteiger partial charge < -0.3 is 14.5 Å². The van der Waals surface area contributed by atoms with Crippen LogP contribution < -0.4 is 4.90 Å². The van der Waals surface area contributed by atoms with E-state index in [0.29, 0.717) is 5.91 Å². The van der Waals surface area contributed by atoms with Crippen LogP contribution in [-0.4, -0.2) is 49.2 Å². The number of methoxy groups -OCH3 is 1. The molecule has 1 spiro atoms. The molecule has 1 amide bonds. The van der Waals surface area contributed by atoms with Crippen molar-refractivity contribution in [2.45, 2.75) is 56.6 Å². The zero-order chi connectivity index (χ0) is 18.1. The fraction of sp³-hybridized carbons (Fsp3) is 0.667. The summed E-state index contributed by atoms with van der Waals surface area (Å²) >= 11 is 0. The van der Waals surface area contributed by atoms with Crippen molar-refractivity contribution in [2.75, 3.05) is 31.6 Å². The Kier molecular flexibility index (Phi) is 4.91. The number of ether oxygens (including phenoxy) is 1. The van der Waals surface area contributed by atoms with Crippen molar-refractivity contribution in [3.05, 3.63) is 30.1 Å². The number of benzene rings is 1. The van der Waals surface area contributed by atoms with Gasteiger partial charge in [-0.1, -0.05) is 25.3 Å². The second-order valence-corrected chi connectivity index (χ2v) is 8.08. The van der Waals surface area contributed by atoms with Crippen molar-refractivity contribution in [3.8, 4) is 0 Å². The van der Waals surface area contributed by atoms with Crippen LogP contribution in [0.1, 0.15) is 44.9 Å². The van der Waals surface area contributed by atoms with Gasteiger partial charge in [-0.25, -0.2) is 4.39 Å². The summed E-state index contributed by atoms with van der Waals surface area (Å²) in [6.45, 7) is 2.35. The number of nitrogens with zero attached hydrogens (tertiary/aromatic N) is 2. The third-order valence-corrected chi connectivity index (χ3v) is 6.79. The van der Waals surface area contributed by atoms with Gasteiger partial charge in [0.2, 0.25) is 5.91 Å². The van der Waals surface area contributed by atoms with E-state index in [9.17, 15) is 9.18 Å². The summed E-state index contributed by atoms with van der Waals surface area (Å²) in [4.78, 5) is 17.2. The molecule has 2 saturated heterocycles. The van der Waals surface area contributed by atoms with Gasteiger partial charge in [0.1, 0.15) is 5.82 Å². The Bertz CT molecular complexity index is 651. The van der Waals surface area contributed by atoms with Gasteiger partial charge in [0.15, 0.2) is 0 Å². The lowest BCUT2D eigenvalue weighted by molar-refractivity contribution is -0.140. The van der Waals surface area contributed by atoms with Gasteiger partial charge in [0.05, 0.1) is 11.6 Å². The first-order chi connectivity index (χ1) is 12.6. The standard InChI is InChI=1S/C21H29FN2O2/c1-26-19-15-24(18-9-5-8-17(22)14-18)21(19)10-12-23(13-11-21)20(25)16-6-3-2-4-7-16/h5,8-9,14,16,19H,2-4,6-7,10-13,15H2,1H3. The lowest BCUT2D eigenvalue weighted by Gasteiger charge is -2.62. The van der Waals surface area contributed by atoms with E-state index in [-0.39, 0.29) is 23.4 Å². The van der Waals surface area contributed by atoms with Crippen molar-refractivity contribution in [1.29, 1.82) is 0 Å². The van der Waals surface area contributed by atoms with E-state index in [1.165, 1.54) is 25.3 Å². The third-order valence-electron chi connectivity index (χ3n) is 6.79. The molecule has 26 heavy (non-hydrogen) atoms. The molecule has 1 aromatic carbocycles. The molecule has 142 valence electrons. The highest BCUT2D eigenvalue weighted by atomic mass is 19.1. The molecular formula is C21H29FN2O2. The number of halogens is 1. The van der Waals surface area contributed by atoms with Crippen LogP contribution in [0.15, 0.2) is 24.3 Å². The van der Waals surface area contributed by atoms with Crippen LogP contribution in [0.3, 0.4) is 0 Å². The third kappa shape index (κ3) is 3.00. The van der Waals surface area contributed by atoms with Gasteiger partial charge in [-0.2, -0.15) is 0 Å². The minimum atomic E-state index is -0.205. The van der Waals surface area contributed by atoms with Gasteiger partial charge >= 0.3 is 0 Å². The SMILES string of the molecule is COC1CN(c2cccc(F)c2)C12CCN(C(=O)C1CCCCC1)CC2. The Labute approximate surface area is 155 Å². The molecule has 4 nitrogen and oxygen atoms in total. The average molecular weight is 360 g/mol. The van der Waals surface area contributed by atoms with Crippen molar-refractivity contribution in [2.24, 2.45) is 5.92 Å². The maximum absolute atomic E-state index is 13.7. The maximum atomic E-state index is 13.7. The number of amides is 1. The molecule has 1 atom stereocenters. The summed E-state index contributed by atoms with van der Waals surface area (Å²) < 4.78 is 19.4. The number of hydrogen-bond donors (Lipinski definition) is 0. The molecule has 2 aliphatic heterocycles. The van der Waals surface area contributed by atoms with E-state index in [1.54, 1.807) is 19.2 Å². The maximum Gasteiger partial charge on any atom is 0.225 e. The highest BCUT2D eigenvalue weighted by Crippen LogP contribution is 2.45. The highest BCUT2D eigenvalue weighted by Gasteiger charge is 2.55. The quantitative estimate of drug-likeness (QED) is 0.826. The van der Waals surface area contributed by atoms with Crippen molar-refractivity contribution >= 4 is 11.6 Å². The van der Waals surface area contributed by atoms with Crippen LogP contribution in [0.5, 0.6) is 0 Å². The number of hydrogen-bond acceptors (Lipinski definition) is 3. The molecule has 0 aromatic heterocycles. The number of carbonyl (C=O) groups excluding carboxylic acids is 1. The van der Waals surface area contributed by atoms with Crippen LogP contribution in [0, 0.1) is 11.7 Å². The molecule has 1 saturated carbocycles. The normalized spacial score (nSPS) is 26.0. The fourth-order valence-corrected chi connectivity index (χ4v) is 5.19. The summed E-state index contributed by atoms with van der Waals surface area (Å²) in [7, 11) is 1.76. The summed E-state index contributed by atoms with van der Waals surface area (Å²) in [5.74, 6) is 0.380. The minimum Gasteiger partial charge on any atom is -0.377 e. The van der Waals surface area contributed by atoms with Crippen LogP contribution in [-0.2, 0) is 9.53 Å². The summed E-state index contributed by atoms with van der Waals surface area (Å²) in [5.41, 5.74) is 0.816. The molecule has 0 N–H and O–H groups in total. The number of piperidine rings is 1. The molecule has 5 heteroatoms. The topological polar surface area (TPSA) is 32.8 Å². The number of anilines is 1. The molecule has 2 heterocycles. The molecular weight excluding hydrogens is 331 g/mol. The molecule has 0 bridgehead atoms. The van der Waals surface area contributed by atoms with Gasteiger partial charge in [0, 0.05) is 38.3 Å². The predicted molar refractivity (Wildman–Crippen MR) is 99.7 cm³/mol. The lowest BCUT2D eigenvalue weighted by atomic mass is 9.73. The number of likely N-dealkylation sites (tertiary alicyclic amines) is 1. The molecule has 1 aromatic rings. The van der Waals surface area contributed by atoms with Crippen molar-refractivity contribution in [3.63, 3.8) is 0 Å². The Balaban J connectivity index is 1.45. The summed E-state index contributed by atoms with van der Waals surface area (Å²) in [6.07, 6.45) is 7.68. The molecule has 0 radical (unpaired) electrons. The van der Waals surface area contributed by atoms with Crippen LogP contribution in [0.4, 0.5) is 10.1 Å². The first-order valence-electron chi connectivity index (χ1n) is 9.99. The van der Waals surface area contributed by atoms with Gasteiger partial charge in [-0.15, -0.1) is 0 Å².